The van der Waals surface area contributed by atoms with Crippen molar-refractivity contribution in [2.75, 3.05) is 0 Å². The number of hydrogen-bond donors (Lipinski definition) is 0. The number of halogens is 1. The van der Waals surface area contributed by atoms with Crippen LogP contribution in [0.5, 0.6) is 5.75 Å². The van der Waals surface area contributed by atoms with Gasteiger partial charge in [-0.1, -0.05) is 30.3 Å². The number of rotatable bonds is 4. The van der Waals surface area contributed by atoms with Crippen molar-refractivity contribution >= 4 is 21.7 Å². The highest BCUT2D eigenvalue weighted by molar-refractivity contribution is 9.10. The second-order valence-electron chi connectivity index (χ2n) is 4.24. The van der Waals surface area contributed by atoms with Crippen LogP contribution >= 0.6 is 15.9 Å². The highest BCUT2D eigenvalue weighted by atomic mass is 79.9. The zero-order chi connectivity index (χ0) is 14.5. The van der Waals surface area contributed by atoms with E-state index in [1.54, 1.807) is 12.1 Å². The molecule has 0 aliphatic rings. The number of nitriles is 1. The molecule has 0 heterocycles. The standard InChI is InChI=1S/C16H12BrNO2/c1-11(19)13-7-8-15(16(17)14(13)9-18)20-10-12-5-3-2-4-6-12/h2-8H,10H2,1H3. The number of carbonyl (C=O) groups is 1. The molecule has 20 heavy (non-hydrogen) atoms. The second-order valence-corrected chi connectivity index (χ2v) is 5.04. The SMILES string of the molecule is CC(=O)c1ccc(OCc2ccccc2)c(Br)c1C#N. The Labute approximate surface area is 125 Å². The van der Waals surface area contributed by atoms with E-state index in [1.165, 1.54) is 6.92 Å². The van der Waals surface area contributed by atoms with Gasteiger partial charge in [-0.05, 0) is 40.5 Å². The number of benzene rings is 2. The van der Waals surface area contributed by atoms with Crippen LogP contribution in [0.15, 0.2) is 46.9 Å². The first kappa shape index (κ1) is 14.3. The minimum atomic E-state index is -0.142. The number of ketones is 1. The van der Waals surface area contributed by atoms with E-state index < -0.39 is 0 Å². The minimum Gasteiger partial charge on any atom is -0.488 e. The van der Waals surface area contributed by atoms with E-state index in [0.29, 0.717) is 28.0 Å². The van der Waals surface area contributed by atoms with Gasteiger partial charge < -0.3 is 4.74 Å². The van der Waals surface area contributed by atoms with Crippen LogP contribution in [0.2, 0.25) is 0 Å². The van der Waals surface area contributed by atoms with E-state index in [4.69, 9.17) is 4.74 Å². The van der Waals surface area contributed by atoms with Crippen molar-refractivity contribution in [3.8, 4) is 11.8 Å². The third-order valence-corrected chi connectivity index (χ3v) is 3.62. The Morgan fingerprint density at radius 1 is 1.25 bits per heavy atom. The van der Waals surface area contributed by atoms with Crippen molar-refractivity contribution in [2.24, 2.45) is 0 Å². The quantitative estimate of drug-likeness (QED) is 0.793. The molecule has 0 spiro atoms. The van der Waals surface area contributed by atoms with Crippen molar-refractivity contribution in [1.29, 1.82) is 5.26 Å². The van der Waals surface area contributed by atoms with Crippen molar-refractivity contribution < 1.29 is 9.53 Å². The third-order valence-electron chi connectivity index (χ3n) is 2.83. The average molecular weight is 330 g/mol. The van der Waals surface area contributed by atoms with Crippen LogP contribution in [0.1, 0.15) is 28.4 Å². The predicted octanol–water partition coefficient (Wildman–Crippen LogP) is 4.10. The lowest BCUT2D eigenvalue weighted by Crippen LogP contribution is -2.01. The van der Waals surface area contributed by atoms with Crippen molar-refractivity contribution in [3.05, 3.63) is 63.6 Å². The van der Waals surface area contributed by atoms with Gasteiger partial charge in [-0.2, -0.15) is 5.26 Å². The van der Waals surface area contributed by atoms with E-state index in [0.717, 1.165) is 5.56 Å². The Morgan fingerprint density at radius 2 is 1.95 bits per heavy atom. The summed E-state index contributed by atoms with van der Waals surface area (Å²) in [5.41, 5.74) is 1.74. The first-order valence-electron chi connectivity index (χ1n) is 6.03. The summed E-state index contributed by atoms with van der Waals surface area (Å²) in [7, 11) is 0. The molecule has 0 atom stereocenters. The maximum absolute atomic E-state index is 11.5. The fourth-order valence-corrected chi connectivity index (χ4v) is 2.36. The smallest absolute Gasteiger partial charge is 0.161 e. The van der Waals surface area contributed by atoms with Crippen LogP contribution in [0.3, 0.4) is 0 Å². The van der Waals surface area contributed by atoms with Crippen LogP contribution in [-0.2, 0) is 6.61 Å². The third kappa shape index (κ3) is 3.06. The normalized spacial score (nSPS) is 9.85. The zero-order valence-corrected chi connectivity index (χ0v) is 12.5. The molecule has 0 amide bonds. The van der Waals surface area contributed by atoms with Gasteiger partial charge in [0.1, 0.15) is 18.4 Å². The van der Waals surface area contributed by atoms with Gasteiger partial charge >= 0.3 is 0 Å². The summed E-state index contributed by atoms with van der Waals surface area (Å²) in [6.45, 7) is 1.84. The summed E-state index contributed by atoms with van der Waals surface area (Å²) in [4.78, 5) is 11.5. The van der Waals surface area contributed by atoms with Gasteiger partial charge in [0.2, 0.25) is 0 Å². The molecule has 0 radical (unpaired) electrons. The molecule has 0 aromatic heterocycles. The molecule has 100 valence electrons. The van der Waals surface area contributed by atoms with Crippen molar-refractivity contribution in [3.63, 3.8) is 0 Å². The van der Waals surface area contributed by atoms with Crippen LogP contribution in [0.25, 0.3) is 0 Å². The van der Waals surface area contributed by atoms with Crippen LogP contribution in [0, 0.1) is 11.3 Å². The number of ether oxygens (including phenoxy) is 1. The monoisotopic (exact) mass is 329 g/mol. The summed E-state index contributed by atoms with van der Waals surface area (Å²) in [6, 6.07) is 15.1. The number of Topliss-reactive ketones (excluding diaryl/α,β-unsaturated/α-hetero) is 1. The zero-order valence-electron chi connectivity index (χ0n) is 10.9. The lowest BCUT2D eigenvalue weighted by molar-refractivity contribution is 0.101. The molecular weight excluding hydrogens is 318 g/mol. The summed E-state index contributed by atoms with van der Waals surface area (Å²) in [5, 5.41) is 9.17. The van der Waals surface area contributed by atoms with E-state index in [2.05, 4.69) is 15.9 Å². The van der Waals surface area contributed by atoms with Crippen LogP contribution in [0.4, 0.5) is 0 Å². The fourth-order valence-electron chi connectivity index (χ4n) is 1.81. The molecule has 0 fully saturated rings. The largest absolute Gasteiger partial charge is 0.488 e. The molecule has 4 heteroatoms. The Balaban J connectivity index is 2.26. The van der Waals surface area contributed by atoms with Crippen LogP contribution < -0.4 is 4.74 Å². The first-order valence-corrected chi connectivity index (χ1v) is 6.83. The molecule has 0 aliphatic heterocycles. The van der Waals surface area contributed by atoms with Crippen molar-refractivity contribution in [2.45, 2.75) is 13.5 Å². The average Bonchev–Trinajstić information content (AvgIpc) is 2.46. The van der Waals surface area contributed by atoms with Gasteiger partial charge in [0.15, 0.2) is 5.78 Å². The number of nitrogens with zero attached hydrogens (tertiary/aromatic N) is 1. The molecule has 3 nitrogen and oxygen atoms in total. The molecule has 0 aliphatic carbocycles. The Kier molecular flexibility index (Phi) is 4.54. The van der Waals surface area contributed by atoms with Gasteiger partial charge in [-0.3, -0.25) is 4.79 Å². The molecule has 0 saturated carbocycles. The molecule has 2 aromatic rings. The molecule has 0 unspecified atom stereocenters. The van der Waals surface area contributed by atoms with E-state index in [1.807, 2.05) is 36.4 Å². The first-order chi connectivity index (χ1) is 9.63. The molecule has 0 saturated heterocycles. The van der Waals surface area contributed by atoms with Gasteiger partial charge in [0.25, 0.3) is 0 Å². The van der Waals surface area contributed by atoms with Gasteiger partial charge in [-0.25, -0.2) is 0 Å². The summed E-state index contributed by atoms with van der Waals surface area (Å²) < 4.78 is 6.21. The maximum atomic E-state index is 11.5. The highest BCUT2D eigenvalue weighted by Crippen LogP contribution is 2.31. The lowest BCUT2D eigenvalue weighted by Gasteiger charge is -2.11. The fraction of sp³-hybridized carbons (Fsp3) is 0.125. The van der Waals surface area contributed by atoms with Gasteiger partial charge in [-0.15, -0.1) is 0 Å². The van der Waals surface area contributed by atoms with Crippen molar-refractivity contribution in [1.82, 2.24) is 0 Å². The number of hydrogen-bond acceptors (Lipinski definition) is 3. The predicted molar refractivity (Wildman–Crippen MR) is 79.6 cm³/mol. The summed E-state index contributed by atoms with van der Waals surface area (Å²) >= 11 is 3.33. The molecule has 0 N–H and O–H groups in total. The van der Waals surface area contributed by atoms with E-state index >= 15 is 0 Å². The molecule has 2 aromatic carbocycles. The Bertz CT molecular complexity index is 675. The molecule has 2 rings (SSSR count). The van der Waals surface area contributed by atoms with E-state index in [9.17, 15) is 10.1 Å². The summed E-state index contributed by atoms with van der Waals surface area (Å²) in [5.74, 6) is 0.410. The van der Waals surface area contributed by atoms with Gasteiger partial charge in [0.05, 0.1) is 10.0 Å². The topological polar surface area (TPSA) is 50.1 Å². The van der Waals surface area contributed by atoms with Gasteiger partial charge in [0, 0.05) is 5.56 Å². The molecular formula is C16H12BrNO2. The van der Waals surface area contributed by atoms with E-state index in [-0.39, 0.29) is 5.78 Å². The minimum absolute atomic E-state index is 0.142. The lowest BCUT2D eigenvalue weighted by atomic mass is 10.1. The Hall–Kier alpha value is -2.12. The van der Waals surface area contributed by atoms with Crippen LogP contribution in [-0.4, -0.2) is 5.78 Å². The highest BCUT2D eigenvalue weighted by Gasteiger charge is 2.14. The number of carbonyl (C=O) groups excluding carboxylic acids is 1. The maximum Gasteiger partial charge on any atom is 0.161 e. The summed E-state index contributed by atoms with van der Waals surface area (Å²) in [6.07, 6.45) is 0. The Morgan fingerprint density at radius 3 is 2.55 bits per heavy atom. The molecule has 0 bridgehead atoms. The second kappa shape index (κ2) is 6.36.